The standard InChI is InChI=1S/C13H22Cl2N2O2/c14-9-1-2-10(18)12(13(9)15)7-3-4-17-8(5-7)6-11(16)19/h7-10,12-13,17-18H,1-6H2,(H2,16,19)/t7-,8+,9?,10?,12?,13?/m1/s1. The maximum atomic E-state index is 11.0. The van der Waals surface area contributed by atoms with Gasteiger partial charge < -0.3 is 16.2 Å². The second-order valence-corrected chi connectivity index (χ2v) is 6.85. The molecule has 0 radical (unpaired) electrons. The summed E-state index contributed by atoms with van der Waals surface area (Å²) >= 11 is 12.6. The molecule has 4 N–H and O–H groups in total. The van der Waals surface area contributed by atoms with Crippen molar-refractivity contribution in [3.8, 4) is 0 Å². The first-order chi connectivity index (χ1) is 8.99. The molecule has 1 aliphatic heterocycles. The molecule has 4 nitrogen and oxygen atoms in total. The molecule has 2 fully saturated rings. The third kappa shape index (κ3) is 3.75. The molecule has 1 heterocycles. The van der Waals surface area contributed by atoms with Gasteiger partial charge in [0.25, 0.3) is 0 Å². The molecule has 2 aliphatic rings. The van der Waals surface area contributed by atoms with Gasteiger partial charge in [-0.1, -0.05) is 0 Å². The molecule has 2 rings (SSSR count). The van der Waals surface area contributed by atoms with E-state index in [9.17, 15) is 9.90 Å². The van der Waals surface area contributed by atoms with Gasteiger partial charge >= 0.3 is 0 Å². The van der Waals surface area contributed by atoms with E-state index in [0.29, 0.717) is 18.8 Å². The molecule has 0 spiro atoms. The minimum atomic E-state index is -0.380. The summed E-state index contributed by atoms with van der Waals surface area (Å²) in [6.07, 6.45) is 3.24. The monoisotopic (exact) mass is 308 g/mol. The Hall–Kier alpha value is -0.0300. The van der Waals surface area contributed by atoms with Gasteiger partial charge in [0, 0.05) is 18.4 Å². The summed E-state index contributed by atoms with van der Waals surface area (Å²) in [6, 6.07) is 0.100. The Kier molecular flexibility index (Phi) is 5.35. The van der Waals surface area contributed by atoms with Crippen LogP contribution >= 0.6 is 23.2 Å². The van der Waals surface area contributed by atoms with Crippen LogP contribution in [0.3, 0.4) is 0 Å². The van der Waals surface area contributed by atoms with Gasteiger partial charge in [-0.3, -0.25) is 4.79 Å². The number of aliphatic hydroxyl groups is 1. The van der Waals surface area contributed by atoms with Crippen molar-refractivity contribution in [2.24, 2.45) is 17.6 Å². The summed E-state index contributed by atoms with van der Waals surface area (Å²) in [7, 11) is 0. The number of nitrogens with one attached hydrogen (secondary N) is 1. The second kappa shape index (κ2) is 6.61. The van der Waals surface area contributed by atoms with Gasteiger partial charge in [-0.15, -0.1) is 23.2 Å². The largest absolute Gasteiger partial charge is 0.393 e. The fourth-order valence-corrected chi connectivity index (χ4v) is 4.29. The number of primary amides is 1. The smallest absolute Gasteiger partial charge is 0.218 e. The van der Waals surface area contributed by atoms with E-state index in [0.717, 1.165) is 25.8 Å². The topological polar surface area (TPSA) is 75.4 Å². The van der Waals surface area contributed by atoms with Crippen molar-refractivity contribution in [2.45, 2.75) is 55.0 Å². The third-order valence-corrected chi connectivity index (χ3v) is 5.64. The molecule has 4 unspecified atom stereocenters. The number of nitrogens with two attached hydrogens (primary N) is 1. The van der Waals surface area contributed by atoms with Crippen molar-refractivity contribution in [3.05, 3.63) is 0 Å². The minimum absolute atomic E-state index is 0.0235. The highest BCUT2D eigenvalue weighted by Crippen LogP contribution is 2.40. The van der Waals surface area contributed by atoms with Gasteiger partial charge in [0.15, 0.2) is 0 Å². The zero-order valence-corrected chi connectivity index (χ0v) is 12.4. The first kappa shape index (κ1) is 15.4. The molecule has 19 heavy (non-hydrogen) atoms. The summed E-state index contributed by atoms with van der Waals surface area (Å²) < 4.78 is 0. The number of hydrogen-bond donors (Lipinski definition) is 3. The molecular formula is C13H22Cl2N2O2. The van der Waals surface area contributed by atoms with Crippen LogP contribution in [0.4, 0.5) is 0 Å². The van der Waals surface area contributed by atoms with Crippen LogP contribution in [0.25, 0.3) is 0 Å². The number of halogens is 2. The van der Waals surface area contributed by atoms with Crippen LogP contribution in [-0.2, 0) is 4.79 Å². The summed E-state index contributed by atoms with van der Waals surface area (Å²) in [6.45, 7) is 0.836. The maximum absolute atomic E-state index is 11.0. The highest BCUT2D eigenvalue weighted by atomic mass is 35.5. The van der Waals surface area contributed by atoms with Crippen molar-refractivity contribution >= 4 is 29.1 Å². The van der Waals surface area contributed by atoms with E-state index < -0.39 is 0 Å². The molecule has 1 amide bonds. The first-order valence-corrected chi connectivity index (χ1v) is 7.84. The van der Waals surface area contributed by atoms with Gasteiger partial charge in [0.2, 0.25) is 5.91 Å². The van der Waals surface area contributed by atoms with E-state index in [-0.39, 0.29) is 34.7 Å². The number of carbonyl (C=O) groups excluding carboxylic acids is 1. The number of amides is 1. The molecule has 0 aromatic heterocycles. The minimum Gasteiger partial charge on any atom is -0.393 e. The molecule has 0 aromatic rings. The van der Waals surface area contributed by atoms with Crippen LogP contribution < -0.4 is 11.1 Å². The van der Waals surface area contributed by atoms with E-state index in [1.165, 1.54) is 0 Å². The Morgan fingerprint density at radius 3 is 2.74 bits per heavy atom. The molecule has 0 aromatic carbocycles. The SMILES string of the molecule is NC(=O)C[C@@H]1C[C@H](C2C(O)CCC(Cl)C2Cl)CCN1. The molecule has 1 saturated heterocycles. The Balaban J connectivity index is 2.00. The molecular weight excluding hydrogens is 287 g/mol. The van der Waals surface area contributed by atoms with E-state index in [2.05, 4.69) is 5.32 Å². The molecule has 1 saturated carbocycles. The van der Waals surface area contributed by atoms with Crippen LogP contribution in [0.15, 0.2) is 0 Å². The summed E-state index contributed by atoms with van der Waals surface area (Å²) in [5.41, 5.74) is 5.25. The molecule has 0 bridgehead atoms. The second-order valence-electron chi connectivity index (χ2n) is 5.79. The average molecular weight is 309 g/mol. The van der Waals surface area contributed by atoms with Gasteiger partial charge in [-0.25, -0.2) is 0 Å². The van der Waals surface area contributed by atoms with Gasteiger partial charge in [0.05, 0.1) is 16.9 Å². The normalized spacial score (nSPS) is 43.9. The summed E-state index contributed by atoms with van der Waals surface area (Å²) in [5, 5.41) is 13.3. The average Bonchev–Trinajstić information content (AvgIpc) is 2.34. The fraction of sp³-hybridized carbons (Fsp3) is 0.923. The number of aliphatic hydroxyl groups excluding tert-OH is 1. The van der Waals surface area contributed by atoms with Crippen molar-refractivity contribution in [1.82, 2.24) is 5.32 Å². The number of piperidine rings is 1. The Bertz CT molecular complexity index is 330. The Morgan fingerprint density at radius 1 is 1.32 bits per heavy atom. The predicted molar refractivity (Wildman–Crippen MR) is 76.3 cm³/mol. The molecule has 6 atom stereocenters. The first-order valence-electron chi connectivity index (χ1n) is 6.97. The molecule has 6 heteroatoms. The lowest BCUT2D eigenvalue weighted by Crippen LogP contribution is -2.49. The zero-order chi connectivity index (χ0) is 14.0. The van der Waals surface area contributed by atoms with Crippen molar-refractivity contribution in [1.29, 1.82) is 0 Å². The highest BCUT2D eigenvalue weighted by Gasteiger charge is 2.42. The summed E-state index contributed by atoms with van der Waals surface area (Å²) in [5.74, 6) is 0.0417. The van der Waals surface area contributed by atoms with Crippen LogP contribution in [-0.4, -0.2) is 40.5 Å². The Morgan fingerprint density at radius 2 is 2.05 bits per heavy atom. The van der Waals surface area contributed by atoms with E-state index in [1.54, 1.807) is 0 Å². The highest BCUT2D eigenvalue weighted by molar-refractivity contribution is 6.30. The maximum Gasteiger partial charge on any atom is 0.218 e. The van der Waals surface area contributed by atoms with Crippen LogP contribution in [0.5, 0.6) is 0 Å². The lowest BCUT2D eigenvalue weighted by Gasteiger charge is -2.43. The van der Waals surface area contributed by atoms with Gasteiger partial charge in [-0.05, 0) is 38.1 Å². The van der Waals surface area contributed by atoms with Gasteiger partial charge in [-0.2, -0.15) is 0 Å². The van der Waals surface area contributed by atoms with Gasteiger partial charge in [0.1, 0.15) is 0 Å². The van der Waals surface area contributed by atoms with Crippen molar-refractivity contribution in [3.63, 3.8) is 0 Å². The zero-order valence-electron chi connectivity index (χ0n) is 10.9. The van der Waals surface area contributed by atoms with Crippen molar-refractivity contribution in [2.75, 3.05) is 6.54 Å². The molecule has 110 valence electrons. The quantitative estimate of drug-likeness (QED) is 0.686. The van der Waals surface area contributed by atoms with E-state index >= 15 is 0 Å². The third-order valence-electron chi connectivity index (χ3n) is 4.42. The predicted octanol–water partition coefficient (Wildman–Crippen LogP) is 1.22. The number of carbonyl (C=O) groups is 1. The summed E-state index contributed by atoms with van der Waals surface area (Å²) in [4.78, 5) is 11.0. The number of rotatable bonds is 3. The molecule has 1 aliphatic carbocycles. The lowest BCUT2D eigenvalue weighted by atomic mass is 9.72. The number of alkyl halides is 2. The van der Waals surface area contributed by atoms with Crippen LogP contribution in [0.1, 0.15) is 32.1 Å². The van der Waals surface area contributed by atoms with E-state index in [1.807, 2.05) is 0 Å². The van der Waals surface area contributed by atoms with E-state index in [4.69, 9.17) is 28.9 Å². The fourth-order valence-electron chi connectivity index (χ4n) is 3.50. The lowest BCUT2D eigenvalue weighted by molar-refractivity contribution is -0.118. The van der Waals surface area contributed by atoms with Crippen LogP contribution in [0.2, 0.25) is 0 Å². The number of hydrogen-bond acceptors (Lipinski definition) is 3. The van der Waals surface area contributed by atoms with Crippen LogP contribution in [0, 0.1) is 11.8 Å². The Labute approximate surface area is 124 Å². The van der Waals surface area contributed by atoms with Crippen molar-refractivity contribution < 1.29 is 9.90 Å².